The van der Waals surface area contributed by atoms with Crippen molar-refractivity contribution < 1.29 is 8.42 Å². The Morgan fingerprint density at radius 2 is 1.36 bits per heavy atom. The van der Waals surface area contributed by atoms with E-state index in [2.05, 4.69) is 29.2 Å². The molecule has 0 amide bonds. The summed E-state index contributed by atoms with van der Waals surface area (Å²) < 4.78 is 25.9. The van der Waals surface area contributed by atoms with Gasteiger partial charge in [0.25, 0.3) is 0 Å². The van der Waals surface area contributed by atoms with Gasteiger partial charge >= 0.3 is 0 Å². The van der Waals surface area contributed by atoms with Crippen LogP contribution in [0.25, 0.3) is 0 Å². The van der Waals surface area contributed by atoms with Crippen LogP contribution in [0.4, 0.5) is 0 Å². The highest BCUT2D eigenvalue weighted by Crippen LogP contribution is 2.63. The predicted molar refractivity (Wildman–Crippen MR) is 101 cm³/mol. The molecule has 0 radical (unpaired) electrons. The van der Waals surface area contributed by atoms with Gasteiger partial charge in [0.05, 0.1) is 5.75 Å². The highest BCUT2D eigenvalue weighted by Gasteiger charge is 2.71. The quantitative estimate of drug-likeness (QED) is 0.813. The molecule has 1 aliphatic heterocycles. The lowest BCUT2D eigenvalue weighted by Gasteiger charge is -2.65. The minimum absolute atomic E-state index is 0.0462. The molecule has 1 spiro atoms. The van der Waals surface area contributed by atoms with Crippen LogP contribution in [0.3, 0.4) is 0 Å². The van der Waals surface area contributed by atoms with Crippen LogP contribution in [0.2, 0.25) is 0 Å². The summed E-state index contributed by atoms with van der Waals surface area (Å²) in [5, 5.41) is 0. The van der Waals surface area contributed by atoms with Gasteiger partial charge in [-0.25, -0.2) is 8.42 Å². The summed E-state index contributed by atoms with van der Waals surface area (Å²) in [4.78, 5) is 1.44. The summed E-state index contributed by atoms with van der Waals surface area (Å²) in [6.07, 6.45) is 3.21. The zero-order chi connectivity index (χ0) is 17.5. The van der Waals surface area contributed by atoms with E-state index in [1.54, 1.807) is 0 Å². The Balaban J connectivity index is 1.71. The van der Waals surface area contributed by atoms with E-state index in [-0.39, 0.29) is 5.41 Å². The van der Waals surface area contributed by atoms with Crippen LogP contribution in [-0.4, -0.2) is 23.9 Å². The molecule has 1 saturated heterocycles. The number of rotatable bonds is 5. The number of nitrogens with zero attached hydrogens (tertiary/aromatic N) is 1. The Bertz CT molecular complexity index is 802. The molecule has 3 nitrogen and oxygen atoms in total. The molecule has 0 bridgehead atoms. The first kappa shape index (κ1) is 16.8. The number of hydrogen-bond donors (Lipinski definition) is 0. The predicted octanol–water partition coefficient (Wildman–Crippen LogP) is 4.00. The molecular weight excluding hydrogens is 330 g/mol. The van der Waals surface area contributed by atoms with Crippen molar-refractivity contribution in [1.82, 2.24) is 4.90 Å². The van der Waals surface area contributed by atoms with Gasteiger partial charge in [-0.1, -0.05) is 67.1 Å². The summed E-state index contributed by atoms with van der Waals surface area (Å²) in [6, 6.07) is 20.4. The second-order valence-corrected chi connectivity index (χ2v) is 10.0. The fourth-order valence-electron chi connectivity index (χ4n) is 4.60. The summed E-state index contributed by atoms with van der Waals surface area (Å²) in [6.45, 7) is 3.29. The van der Waals surface area contributed by atoms with E-state index >= 15 is 0 Å². The third-order valence-electron chi connectivity index (χ3n) is 6.40. The smallest absolute Gasteiger partial charge is 0.170 e. The molecule has 0 aromatic heterocycles. The van der Waals surface area contributed by atoms with Gasteiger partial charge in [0.15, 0.2) is 9.84 Å². The molecule has 2 aromatic rings. The number of benzene rings is 2. The zero-order valence-corrected chi connectivity index (χ0v) is 15.5. The molecule has 132 valence electrons. The summed E-state index contributed by atoms with van der Waals surface area (Å²) >= 11 is 0. The van der Waals surface area contributed by atoms with Gasteiger partial charge in [-0.2, -0.15) is 0 Å². The van der Waals surface area contributed by atoms with Crippen molar-refractivity contribution in [2.45, 2.75) is 44.1 Å². The van der Waals surface area contributed by atoms with Crippen molar-refractivity contribution in [3.63, 3.8) is 0 Å². The Hall–Kier alpha value is -1.65. The van der Waals surface area contributed by atoms with E-state index < -0.39 is 14.7 Å². The third-order valence-corrected chi connectivity index (χ3v) is 9.24. The van der Waals surface area contributed by atoms with E-state index in [4.69, 9.17) is 0 Å². The van der Waals surface area contributed by atoms with Crippen LogP contribution in [0.1, 0.15) is 37.3 Å². The molecule has 1 saturated carbocycles. The number of sulfone groups is 1. The van der Waals surface area contributed by atoms with Gasteiger partial charge in [0.2, 0.25) is 0 Å². The lowest BCUT2D eigenvalue weighted by atomic mass is 9.63. The summed E-state index contributed by atoms with van der Waals surface area (Å²) in [5.41, 5.74) is 2.28. The first-order chi connectivity index (χ1) is 12.0. The second kappa shape index (κ2) is 5.96. The normalized spacial score (nSPS) is 26.2. The molecule has 2 fully saturated rings. The Morgan fingerprint density at radius 1 is 0.880 bits per heavy atom. The van der Waals surface area contributed by atoms with Crippen LogP contribution in [0.5, 0.6) is 0 Å². The highest BCUT2D eigenvalue weighted by molar-refractivity contribution is 7.94. The Kier molecular flexibility index (Phi) is 4.00. The first-order valence-electron chi connectivity index (χ1n) is 9.02. The van der Waals surface area contributed by atoms with Crippen molar-refractivity contribution in [2.24, 2.45) is 5.41 Å². The second-order valence-electron chi connectivity index (χ2n) is 7.70. The maximum absolute atomic E-state index is 12.9. The van der Waals surface area contributed by atoms with Crippen LogP contribution >= 0.6 is 0 Å². The van der Waals surface area contributed by atoms with Crippen LogP contribution in [0.15, 0.2) is 60.7 Å². The largest absolute Gasteiger partial charge is 0.276 e. The van der Waals surface area contributed by atoms with Gasteiger partial charge in [-0.05, 0) is 30.9 Å². The average Bonchev–Trinajstić information content (AvgIpc) is 2.58. The number of hydrogen-bond acceptors (Lipinski definition) is 3. The molecule has 2 aliphatic rings. The van der Waals surface area contributed by atoms with Crippen molar-refractivity contribution in [2.75, 3.05) is 5.75 Å². The fourth-order valence-corrected chi connectivity index (χ4v) is 7.39. The van der Waals surface area contributed by atoms with E-state index in [9.17, 15) is 8.42 Å². The van der Waals surface area contributed by atoms with Crippen molar-refractivity contribution in [1.29, 1.82) is 0 Å². The minimum Gasteiger partial charge on any atom is -0.276 e. The van der Waals surface area contributed by atoms with Crippen LogP contribution in [0, 0.1) is 5.41 Å². The van der Waals surface area contributed by atoms with Crippen molar-refractivity contribution >= 4 is 9.84 Å². The van der Waals surface area contributed by atoms with Gasteiger partial charge in [-0.15, -0.1) is 0 Å². The fraction of sp³-hybridized carbons (Fsp3) is 0.429. The topological polar surface area (TPSA) is 37.4 Å². The molecule has 1 atom stereocenters. The highest BCUT2D eigenvalue weighted by atomic mass is 32.2. The lowest BCUT2D eigenvalue weighted by Crippen LogP contribution is -2.75. The van der Waals surface area contributed by atoms with E-state index in [0.717, 1.165) is 30.4 Å². The standard InChI is InChI=1S/C21H25NO2S/c1-20(21(13-8-14-21)17-25(20,23)24)22(15-18-9-4-2-5-10-18)16-19-11-6-3-7-12-19/h2-7,9-12H,8,13-17H2,1H3. The first-order valence-corrected chi connectivity index (χ1v) is 10.7. The molecule has 0 N–H and O–H groups in total. The van der Waals surface area contributed by atoms with Gasteiger partial charge in [0.1, 0.15) is 4.87 Å². The molecule has 2 aromatic carbocycles. The van der Waals surface area contributed by atoms with Crippen LogP contribution < -0.4 is 0 Å². The maximum atomic E-state index is 12.9. The van der Waals surface area contributed by atoms with E-state index in [0.29, 0.717) is 18.8 Å². The van der Waals surface area contributed by atoms with Crippen LogP contribution in [-0.2, 0) is 22.9 Å². The van der Waals surface area contributed by atoms with Gasteiger partial charge < -0.3 is 0 Å². The average molecular weight is 356 g/mol. The molecule has 1 aliphatic carbocycles. The lowest BCUT2D eigenvalue weighted by molar-refractivity contribution is -0.0388. The summed E-state index contributed by atoms with van der Waals surface area (Å²) in [5.74, 6) is 0.358. The third kappa shape index (κ3) is 2.54. The zero-order valence-electron chi connectivity index (χ0n) is 14.7. The van der Waals surface area contributed by atoms with E-state index in [1.165, 1.54) is 0 Å². The summed E-state index contributed by atoms with van der Waals surface area (Å²) in [7, 11) is -3.10. The van der Waals surface area contributed by atoms with Crippen molar-refractivity contribution in [3.8, 4) is 0 Å². The molecule has 1 unspecified atom stereocenters. The maximum Gasteiger partial charge on any atom is 0.170 e. The van der Waals surface area contributed by atoms with Gasteiger partial charge in [0, 0.05) is 18.5 Å². The Labute approximate surface area is 150 Å². The van der Waals surface area contributed by atoms with Crippen molar-refractivity contribution in [3.05, 3.63) is 71.8 Å². The molecule has 4 heteroatoms. The monoisotopic (exact) mass is 355 g/mol. The minimum atomic E-state index is -3.10. The SMILES string of the molecule is CC1(N(Cc2ccccc2)Cc2ccccc2)C2(CCC2)CS1(=O)=O. The molecule has 25 heavy (non-hydrogen) atoms. The molecule has 4 rings (SSSR count). The Morgan fingerprint density at radius 3 is 1.72 bits per heavy atom. The van der Waals surface area contributed by atoms with Gasteiger partial charge in [-0.3, -0.25) is 4.90 Å². The molecule has 1 heterocycles. The molecular formula is C21H25NO2S. The van der Waals surface area contributed by atoms with E-state index in [1.807, 2.05) is 43.3 Å².